The van der Waals surface area contributed by atoms with Gasteiger partial charge in [0.05, 0.1) is 11.4 Å². The summed E-state index contributed by atoms with van der Waals surface area (Å²) in [5.74, 6) is -0.0528. The van der Waals surface area contributed by atoms with Gasteiger partial charge in [0.2, 0.25) is 0 Å². The molecule has 0 bridgehead atoms. The maximum absolute atomic E-state index is 11.9. The summed E-state index contributed by atoms with van der Waals surface area (Å²) in [6.07, 6.45) is 1.93. The van der Waals surface area contributed by atoms with Gasteiger partial charge < -0.3 is 5.73 Å². The smallest absolute Gasteiger partial charge is 0.279 e. The van der Waals surface area contributed by atoms with Gasteiger partial charge in [-0.2, -0.15) is 0 Å². The number of thiophene rings is 1. The Morgan fingerprint density at radius 2 is 2.29 bits per heavy atom. The summed E-state index contributed by atoms with van der Waals surface area (Å²) >= 11 is 1.33. The third-order valence-electron chi connectivity index (χ3n) is 3.83. The van der Waals surface area contributed by atoms with Gasteiger partial charge in [0.25, 0.3) is 11.8 Å². The fourth-order valence-corrected chi connectivity index (χ4v) is 3.16. The summed E-state index contributed by atoms with van der Waals surface area (Å²) in [4.78, 5) is 26.2. The Labute approximate surface area is 128 Å². The van der Waals surface area contributed by atoms with E-state index in [9.17, 15) is 9.59 Å². The second-order valence-electron chi connectivity index (χ2n) is 5.34. The van der Waals surface area contributed by atoms with E-state index in [2.05, 4.69) is 22.7 Å². The molecule has 1 saturated heterocycles. The Morgan fingerprint density at radius 3 is 2.95 bits per heavy atom. The van der Waals surface area contributed by atoms with Crippen molar-refractivity contribution in [3.05, 3.63) is 22.4 Å². The fraction of sp³-hybridized carbons (Fsp3) is 0.571. The maximum atomic E-state index is 11.9. The molecule has 2 rings (SSSR count). The first-order valence-corrected chi connectivity index (χ1v) is 8.08. The van der Waals surface area contributed by atoms with Crippen molar-refractivity contribution in [3.8, 4) is 0 Å². The van der Waals surface area contributed by atoms with Crippen LogP contribution in [0.5, 0.6) is 0 Å². The number of nitrogens with one attached hydrogen (secondary N) is 2. The number of hydrazine groups is 1. The maximum Gasteiger partial charge on any atom is 0.279 e. The highest BCUT2D eigenvalue weighted by Gasteiger charge is 2.26. The molecule has 2 heterocycles. The van der Waals surface area contributed by atoms with Crippen LogP contribution in [0.1, 0.15) is 29.4 Å². The Kier molecular flexibility index (Phi) is 5.72. The van der Waals surface area contributed by atoms with Crippen molar-refractivity contribution < 1.29 is 9.59 Å². The lowest BCUT2D eigenvalue weighted by Gasteiger charge is -2.36. The fourth-order valence-electron chi connectivity index (χ4n) is 2.54. The molecule has 0 aromatic carbocycles. The first kappa shape index (κ1) is 15.9. The van der Waals surface area contributed by atoms with Crippen LogP contribution in [0.15, 0.2) is 17.5 Å². The molecule has 2 unspecified atom stereocenters. The molecule has 0 saturated carbocycles. The second-order valence-corrected chi connectivity index (χ2v) is 6.28. The number of likely N-dealkylation sites (tertiary alicyclic amines) is 1. The van der Waals surface area contributed by atoms with E-state index in [1.54, 1.807) is 12.1 Å². The largest absolute Gasteiger partial charge is 0.327 e. The Morgan fingerprint density at radius 1 is 1.48 bits per heavy atom. The normalized spacial score (nSPS) is 22.8. The topological polar surface area (TPSA) is 87.5 Å². The average Bonchev–Trinajstić information content (AvgIpc) is 3.01. The van der Waals surface area contributed by atoms with Gasteiger partial charge in [-0.25, -0.2) is 0 Å². The van der Waals surface area contributed by atoms with E-state index in [4.69, 9.17) is 5.73 Å². The minimum absolute atomic E-state index is 0.203. The number of carbonyl (C=O) groups is 2. The molecule has 1 aliphatic heterocycles. The first-order chi connectivity index (χ1) is 10.1. The molecule has 0 spiro atoms. The SMILES string of the molecule is CCC1CN(CC(=O)NNC(=O)c2cccs2)CCC1N. The predicted molar refractivity (Wildman–Crippen MR) is 82.7 cm³/mol. The van der Waals surface area contributed by atoms with Crippen molar-refractivity contribution in [1.82, 2.24) is 15.8 Å². The highest BCUT2D eigenvalue weighted by atomic mass is 32.1. The van der Waals surface area contributed by atoms with Crippen LogP contribution in [0.25, 0.3) is 0 Å². The van der Waals surface area contributed by atoms with Crippen molar-refractivity contribution >= 4 is 23.2 Å². The van der Waals surface area contributed by atoms with Crippen LogP contribution in [0.2, 0.25) is 0 Å². The molecule has 1 aromatic rings. The number of hydrogen-bond donors (Lipinski definition) is 3. The lowest BCUT2D eigenvalue weighted by molar-refractivity contribution is -0.123. The molecular weight excluding hydrogens is 288 g/mol. The highest BCUT2D eigenvalue weighted by molar-refractivity contribution is 7.12. The molecule has 7 heteroatoms. The molecule has 2 atom stereocenters. The molecule has 1 aliphatic rings. The van der Waals surface area contributed by atoms with Crippen molar-refractivity contribution in [2.75, 3.05) is 19.6 Å². The molecular formula is C14H22N4O2S. The van der Waals surface area contributed by atoms with Gasteiger partial charge in [0.1, 0.15) is 0 Å². The third-order valence-corrected chi connectivity index (χ3v) is 4.70. The third kappa shape index (κ3) is 4.52. The van der Waals surface area contributed by atoms with E-state index in [0.29, 0.717) is 10.8 Å². The van der Waals surface area contributed by atoms with E-state index >= 15 is 0 Å². The van der Waals surface area contributed by atoms with Gasteiger partial charge >= 0.3 is 0 Å². The number of hydrogen-bond acceptors (Lipinski definition) is 5. The van der Waals surface area contributed by atoms with Gasteiger partial charge in [-0.05, 0) is 23.8 Å². The van der Waals surface area contributed by atoms with Gasteiger partial charge in [-0.1, -0.05) is 19.4 Å². The van der Waals surface area contributed by atoms with E-state index in [1.807, 2.05) is 5.38 Å². The molecule has 0 aliphatic carbocycles. The number of rotatable bonds is 4. The van der Waals surface area contributed by atoms with Gasteiger partial charge in [0.15, 0.2) is 0 Å². The van der Waals surface area contributed by atoms with Crippen LogP contribution < -0.4 is 16.6 Å². The number of nitrogens with two attached hydrogens (primary N) is 1. The van der Waals surface area contributed by atoms with Crippen molar-refractivity contribution in [2.24, 2.45) is 11.7 Å². The standard InChI is InChI=1S/C14H22N4O2S/c1-2-10-8-18(6-5-11(10)15)9-13(19)16-17-14(20)12-4-3-7-21-12/h3-4,7,10-11H,2,5-6,8-9,15H2,1H3,(H,16,19)(H,17,20). The Hall–Kier alpha value is -1.44. The molecule has 2 amide bonds. The Bertz CT molecular complexity index is 477. The summed E-state index contributed by atoms with van der Waals surface area (Å²) in [7, 11) is 0. The van der Waals surface area contributed by atoms with Crippen LogP contribution in [0, 0.1) is 5.92 Å². The van der Waals surface area contributed by atoms with Crippen molar-refractivity contribution in [1.29, 1.82) is 0 Å². The van der Waals surface area contributed by atoms with E-state index < -0.39 is 0 Å². The average molecular weight is 310 g/mol. The zero-order valence-corrected chi connectivity index (χ0v) is 13.0. The van der Waals surface area contributed by atoms with Crippen LogP contribution in [0.4, 0.5) is 0 Å². The molecule has 1 aromatic heterocycles. The summed E-state index contributed by atoms with van der Waals surface area (Å²) in [5, 5.41) is 1.82. The quantitative estimate of drug-likeness (QED) is 0.710. The molecule has 21 heavy (non-hydrogen) atoms. The highest BCUT2D eigenvalue weighted by Crippen LogP contribution is 2.17. The Balaban J connectivity index is 1.73. The predicted octanol–water partition coefficient (Wildman–Crippen LogP) is 0.568. The van der Waals surface area contributed by atoms with Gasteiger partial charge in [-0.15, -0.1) is 11.3 Å². The van der Waals surface area contributed by atoms with Crippen molar-refractivity contribution in [3.63, 3.8) is 0 Å². The number of nitrogens with zero attached hydrogens (tertiary/aromatic N) is 1. The van der Waals surface area contributed by atoms with Crippen molar-refractivity contribution in [2.45, 2.75) is 25.8 Å². The lowest BCUT2D eigenvalue weighted by atomic mass is 9.91. The van der Waals surface area contributed by atoms with Gasteiger partial charge in [-0.3, -0.25) is 25.3 Å². The minimum Gasteiger partial charge on any atom is -0.327 e. The van der Waals surface area contributed by atoms with Gasteiger partial charge in [0, 0.05) is 19.1 Å². The molecule has 1 fully saturated rings. The summed E-state index contributed by atoms with van der Waals surface area (Å²) < 4.78 is 0. The number of amides is 2. The summed E-state index contributed by atoms with van der Waals surface area (Å²) in [6.45, 7) is 4.07. The van der Waals surface area contributed by atoms with Crippen LogP contribution in [-0.4, -0.2) is 42.4 Å². The van der Waals surface area contributed by atoms with E-state index in [-0.39, 0.29) is 24.4 Å². The molecule has 116 valence electrons. The van der Waals surface area contributed by atoms with Crippen LogP contribution in [0.3, 0.4) is 0 Å². The number of piperidine rings is 1. The molecule has 0 radical (unpaired) electrons. The summed E-state index contributed by atoms with van der Waals surface area (Å²) in [5.41, 5.74) is 10.9. The zero-order valence-electron chi connectivity index (χ0n) is 12.2. The number of carbonyl (C=O) groups excluding carboxylic acids is 2. The lowest BCUT2D eigenvalue weighted by Crippen LogP contribution is -2.51. The monoisotopic (exact) mass is 310 g/mol. The first-order valence-electron chi connectivity index (χ1n) is 7.20. The van der Waals surface area contributed by atoms with E-state index in [0.717, 1.165) is 25.9 Å². The van der Waals surface area contributed by atoms with Crippen LogP contribution in [-0.2, 0) is 4.79 Å². The van der Waals surface area contributed by atoms with E-state index in [1.165, 1.54) is 11.3 Å². The van der Waals surface area contributed by atoms with Crippen LogP contribution >= 0.6 is 11.3 Å². The second kappa shape index (κ2) is 7.53. The zero-order chi connectivity index (χ0) is 15.2. The molecule has 6 nitrogen and oxygen atoms in total. The summed E-state index contributed by atoms with van der Waals surface area (Å²) in [6, 6.07) is 3.74. The minimum atomic E-state index is -0.287. The molecule has 4 N–H and O–H groups in total.